The number of carbonyl (C=O) groups excluding carboxylic acids is 1. The molecule has 1 rings (SSSR count). The van der Waals surface area contributed by atoms with Crippen molar-refractivity contribution in [2.45, 2.75) is 25.7 Å². The zero-order valence-corrected chi connectivity index (χ0v) is 7.59. The van der Waals surface area contributed by atoms with Crippen LogP contribution in [0, 0.1) is 0 Å². The van der Waals surface area contributed by atoms with Gasteiger partial charge in [0.15, 0.2) is 0 Å². The van der Waals surface area contributed by atoms with Crippen molar-refractivity contribution in [1.29, 1.82) is 0 Å². The average molecular weight is 170 g/mol. The zero-order valence-electron chi connectivity index (χ0n) is 7.59. The molecule has 1 aliphatic rings. The second-order valence-electron chi connectivity index (χ2n) is 3.40. The van der Waals surface area contributed by atoms with E-state index in [1.807, 2.05) is 0 Å². The Morgan fingerprint density at radius 1 is 1.25 bits per heavy atom. The first-order chi connectivity index (χ1) is 5.83. The number of piperidine rings is 1. The molecule has 0 radical (unpaired) electrons. The Bertz CT molecular complexity index is 141. The van der Waals surface area contributed by atoms with E-state index >= 15 is 0 Å². The third-order valence-corrected chi connectivity index (χ3v) is 2.38. The molecule has 0 aliphatic carbocycles. The van der Waals surface area contributed by atoms with E-state index in [1.54, 1.807) is 0 Å². The largest absolute Gasteiger partial charge is 0.324 e. The molecule has 0 aromatic heterocycles. The van der Waals surface area contributed by atoms with Crippen LogP contribution in [0.15, 0.2) is 0 Å². The minimum absolute atomic E-state index is 0.181. The number of carbonyl (C=O) groups is 1. The Balaban J connectivity index is 2.09. The molecule has 1 saturated heterocycles. The van der Waals surface area contributed by atoms with Gasteiger partial charge in [-0.2, -0.15) is 0 Å². The summed E-state index contributed by atoms with van der Waals surface area (Å²) in [6.07, 6.45) is 4.56. The van der Waals surface area contributed by atoms with Crippen molar-refractivity contribution in [3.8, 4) is 0 Å². The van der Waals surface area contributed by atoms with Gasteiger partial charge in [0.2, 0.25) is 0 Å². The average Bonchev–Trinajstić information content (AvgIpc) is 2.16. The lowest BCUT2D eigenvalue weighted by Gasteiger charge is -2.25. The second-order valence-corrected chi connectivity index (χ2v) is 3.40. The summed E-state index contributed by atoms with van der Waals surface area (Å²) in [5.41, 5.74) is 5.22. The Morgan fingerprint density at radius 2 is 1.92 bits per heavy atom. The highest BCUT2D eigenvalue weighted by molar-refractivity contribution is 5.80. The van der Waals surface area contributed by atoms with Crippen molar-refractivity contribution >= 4 is 5.78 Å². The Hall–Kier alpha value is -0.410. The third kappa shape index (κ3) is 3.32. The third-order valence-electron chi connectivity index (χ3n) is 2.38. The van der Waals surface area contributed by atoms with E-state index in [4.69, 9.17) is 5.73 Å². The summed E-state index contributed by atoms with van der Waals surface area (Å²) in [7, 11) is 0. The molecule has 1 aliphatic heterocycles. The minimum Gasteiger partial charge on any atom is -0.324 e. The first kappa shape index (κ1) is 9.68. The van der Waals surface area contributed by atoms with Crippen molar-refractivity contribution in [3.05, 3.63) is 0 Å². The van der Waals surface area contributed by atoms with Gasteiger partial charge in [-0.15, -0.1) is 0 Å². The Kier molecular flexibility index (Phi) is 4.25. The second kappa shape index (κ2) is 5.27. The maximum absolute atomic E-state index is 10.9. The summed E-state index contributed by atoms with van der Waals surface area (Å²) < 4.78 is 0. The highest BCUT2D eigenvalue weighted by Gasteiger charge is 2.10. The number of rotatable bonds is 4. The number of hydrogen-bond donors (Lipinski definition) is 1. The first-order valence-electron chi connectivity index (χ1n) is 4.77. The fraction of sp³-hybridized carbons (Fsp3) is 0.889. The number of ketones is 1. The van der Waals surface area contributed by atoms with Crippen molar-refractivity contribution in [2.75, 3.05) is 26.2 Å². The molecule has 0 bridgehead atoms. The van der Waals surface area contributed by atoms with E-state index in [2.05, 4.69) is 4.90 Å². The topological polar surface area (TPSA) is 46.3 Å². The summed E-state index contributed by atoms with van der Waals surface area (Å²) >= 11 is 0. The molecular formula is C9H18N2O. The molecule has 0 saturated carbocycles. The summed E-state index contributed by atoms with van der Waals surface area (Å²) in [4.78, 5) is 13.3. The summed E-state index contributed by atoms with van der Waals surface area (Å²) in [5, 5.41) is 0. The fourth-order valence-corrected chi connectivity index (χ4v) is 1.57. The van der Waals surface area contributed by atoms with Crippen LogP contribution in [0.3, 0.4) is 0 Å². The van der Waals surface area contributed by atoms with Crippen LogP contribution >= 0.6 is 0 Å². The van der Waals surface area contributed by atoms with Gasteiger partial charge < -0.3 is 10.6 Å². The predicted octanol–water partition coefficient (Wildman–Crippen LogP) is 0.390. The van der Waals surface area contributed by atoms with Crippen molar-refractivity contribution in [1.82, 2.24) is 4.90 Å². The normalized spacial score (nSPS) is 19.4. The highest BCUT2D eigenvalue weighted by Crippen LogP contribution is 2.08. The van der Waals surface area contributed by atoms with Crippen LogP contribution in [0.4, 0.5) is 0 Å². The number of nitrogens with two attached hydrogens (primary N) is 1. The zero-order chi connectivity index (χ0) is 8.81. The molecule has 0 amide bonds. The molecule has 0 unspecified atom stereocenters. The fourth-order valence-electron chi connectivity index (χ4n) is 1.57. The van der Waals surface area contributed by atoms with Gasteiger partial charge in [-0.25, -0.2) is 0 Å². The first-order valence-corrected chi connectivity index (χ1v) is 4.77. The minimum atomic E-state index is 0.181. The molecule has 0 atom stereocenters. The molecule has 0 spiro atoms. The monoisotopic (exact) mass is 170 g/mol. The number of likely N-dealkylation sites (tertiary alicyclic amines) is 1. The van der Waals surface area contributed by atoms with E-state index in [-0.39, 0.29) is 12.3 Å². The molecule has 70 valence electrons. The molecule has 1 heterocycles. The van der Waals surface area contributed by atoms with Crippen molar-refractivity contribution < 1.29 is 4.79 Å². The number of Topliss-reactive ketones (excluding diaryl/α,β-unsaturated/α-hetero) is 1. The lowest BCUT2D eigenvalue weighted by Crippen LogP contribution is -2.32. The molecule has 3 heteroatoms. The lowest BCUT2D eigenvalue weighted by molar-refractivity contribution is -0.118. The Labute approximate surface area is 73.9 Å². The van der Waals surface area contributed by atoms with Gasteiger partial charge in [0, 0.05) is 13.0 Å². The highest BCUT2D eigenvalue weighted by atomic mass is 16.1. The molecule has 3 nitrogen and oxygen atoms in total. The van der Waals surface area contributed by atoms with Gasteiger partial charge in [-0.3, -0.25) is 4.79 Å². The number of nitrogens with zero attached hydrogens (tertiary/aromatic N) is 1. The van der Waals surface area contributed by atoms with Crippen LogP contribution < -0.4 is 5.73 Å². The standard InChI is InChI=1S/C9H18N2O/c10-8-9(12)4-7-11-5-2-1-3-6-11/h1-8,10H2. The molecule has 12 heavy (non-hydrogen) atoms. The van der Waals surface area contributed by atoms with Crippen molar-refractivity contribution in [2.24, 2.45) is 5.73 Å². The lowest BCUT2D eigenvalue weighted by atomic mass is 10.1. The van der Waals surface area contributed by atoms with Gasteiger partial charge in [-0.05, 0) is 25.9 Å². The van der Waals surface area contributed by atoms with Crippen LogP contribution in [0.1, 0.15) is 25.7 Å². The molecular weight excluding hydrogens is 152 g/mol. The molecule has 2 N–H and O–H groups in total. The molecule has 1 fully saturated rings. The summed E-state index contributed by atoms with van der Waals surface area (Å²) in [5.74, 6) is 0.181. The predicted molar refractivity (Wildman–Crippen MR) is 49.0 cm³/mol. The van der Waals surface area contributed by atoms with Gasteiger partial charge in [-0.1, -0.05) is 6.42 Å². The van der Waals surface area contributed by atoms with E-state index in [0.717, 1.165) is 19.6 Å². The van der Waals surface area contributed by atoms with Gasteiger partial charge in [0.05, 0.1) is 6.54 Å². The van der Waals surface area contributed by atoms with Gasteiger partial charge in [0.1, 0.15) is 5.78 Å². The summed E-state index contributed by atoms with van der Waals surface area (Å²) in [6.45, 7) is 3.44. The van der Waals surface area contributed by atoms with Crippen LogP contribution in [0.5, 0.6) is 0 Å². The summed E-state index contributed by atoms with van der Waals surface area (Å²) in [6, 6.07) is 0. The van der Waals surface area contributed by atoms with Crippen LogP contribution in [-0.2, 0) is 4.79 Å². The SMILES string of the molecule is NCC(=O)CCN1CCCCC1. The van der Waals surface area contributed by atoms with Crippen LogP contribution in [-0.4, -0.2) is 36.9 Å². The van der Waals surface area contributed by atoms with Crippen LogP contribution in [0.2, 0.25) is 0 Å². The van der Waals surface area contributed by atoms with E-state index in [1.165, 1.54) is 19.3 Å². The van der Waals surface area contributed by atoms with Crippen LogP contribution in [0.25, 0.3) is 0 Å². The van der Waals surface area contributed by atoms with Gasteiger partial charge in [0.25, 0.3) is 0 Å². The Morgan fingerprint density at radius 3 is 2.50 bits per heavy atom. The number of hydrogen-bond acceptors (Lipinski definition) is 3. The quantitative estimate of drug-likeness (QED) is 0.664. The molecule has 0 aromatic rings. The van der Waals surface area contributed by atoms with Gasteiger partial charge >= 0.3 is 0 Å². The maximum Gasteiger partial charge on any atom is 0.147 e. The van der Waals surface area contributed by atoms with E-state index in [0.29, 0.717) is 6.42 Å². The molecule has 0 aromatic carbocycles. The smallest absolute Gasteiger partial charge is 0.147 e. The van der Waals surface area contributed by atoms with E-state index in [9.17, 15) is 4.79 Å². The van der Waals surface area contributed by atoms with E-state index < -0.39 is 0 Å². The maximum atomic E-state index is 10.9. The van der Waals surface area contributed by atoms with Crippen molar-refractivity contribution in [3.63, 3.8) is 0 Å².